The Labute approximate surface area is 280 Å². The van der Waals surface area contributed by atoms with Crippen LogP contribution >= 0.6 is 0 Å². The molecule has 5 rings (SSSR count). The molecule has 13 heteroatoms. The van der Waals surface area contributed by atoms with Crippen LogP contribution in [0, 0.1) is 6.92 Å². The zero-order valence-corrected chi connectivity index (χ0v) is 26.4. The van der Waals surface area contributed by atoms with Gasteiger partial charge in [0.05, 0.1) is 22.3 Å². The number of benzene rings is 4. The van der Waals surface area contributed by atoms with Gasteiger partial charge in [0.25, 0.3) is 11.8 Å². The molecule has 13 nitrogen and oxygen atoms in total. The summed E-state index contributed by atoms with van der Waals surface area (Å²) in [6, 6.07) is 20.3. The minimum Gasteiger partial charge on any atom is -0.478 e. The summed E-state index contributed by atoms with van der Waals surface area (Å²) in [5, 5.41) is 29.7. The van der Waals surface area contributed by atoms with Crippen LogP contribution in [0.2, 0.25) is 0 Å². The highest BCUT2D eigenvalue weighted by atomic mass is 16.5. The van der Waals surface area contributed by atoms with Crippen LogP contribution in [0.15, 0.2) is 84.9 Å². The van der Waals surface area contributed by atoms with Crippen LogP contribution in [-0.4, -0.2) is 64.9 Å². The van der Waals surface area contributed by atoms with Crippen molar-refractivity contribution in [2.24, 2.45) is 0 Å². The maximum Gasteiger partial charge on any atom is 0.336 e. The fourth-order valence-corrected chi connectivity index (χ4v) is 5.30. The smallest absolute Gasteiger partial charge is 0.336 e. The SMILES string of the molecule is CNC(=O)c1ccc(CC2NC(=O)C(Cc3ccc(C(=O)Nc4ccc(Oc5ccc(C)cc5)cc4)c(C(=O)O)c3)NC2=O)cc1C(=O)O. The molecule has 2 unspecified atom stereocenters. The standard InChI is InChI=1S/C36H32N4O9/c1-19-3-9-23(10-4-19)49-24-11-7-22(8-12-24)38-32(42)26-14-6-21(16-28(26)36(47)48)18-30-34(44)39-29(33(43)40-30)17-20-5-13-25(31(41)37-2)27(15-20)35(45)46/h3-16,29-30H,17-18H2,1-2H3,(H,37,41)(H,38,42)(H,39,44)(H,40,43)(H,45,46)(H,47,48). The molecule has 1 aliphatic heterocycles. The number of ether oxygens (including phenoxy) is 1. The quantitative estimate of drug-likeness (QED) is 0.139. The summed E-state index contributed by atoms with van der Waals surface area (Å²) in [5.74, 6) is -3.76. The van der Waals surface area contributed by atoms with E-state index in [0.717, 1.165) is 5.56 Å². The number of carbonyl (C=O) groups excluding carboxylic acids is 4. The molecule has 250 valence electrons. The van der Waals surface area contributed by atoms with E-state index in [0.29, 0.717) is 28.3 Å². The number of aromatic carboxylic acids is 2. The Bertz CT molecular complexity index is 1960. The number of carbonyl (C=O) groups is 6. The van der Waals surface area contributed by atoms with Gasteiger partial charge in [-0.1, -0.05) is 29.8 Å². The van der Waals surface area contributed by atoms with E-state index in [1.54, 1.807) is 24.3 Å². The Balaban J connectivity index is 1.22. The molecule has 4 amide bonds. The zero-order chi connectivity index (χ0) is 35.2. The van der Waals surface area contributed by atoms with Crippen LogP contribution in [-0.2, 0) is 22.4 Å². The van der Waals surface area contributed by atoms with Crippen molar-refractivity contribution in [1.29, 1.82) is 0 Å². The normalized spacial score (nSPS) is 15.4. The van der Waals surface area contributed by atoms with Crippen molar-refractivity contribution < 1.29 is 43.7 Å². The van der Waals surface area contributed by atoms with Gasteiger partial charge in [0.15, 0.2) is 0 Å². The molecule has 49 heavy (non-hydrogen) atoms. The van der Waals surface area contributed by atoms with Crippen molar-refractivity contribution in [1.82, 2.24) is 16.0 Å². The summed E-state index contributed by atoms with van der Waals surface area (Å²) in [7, 11) is 1.37. The van der Waals surface area contributed by atoms with Crippen LogP contribution in [0.4, 0.5) is 5.69 Å². The summed E-state index contributed by atoms with van der Waals surface area (Å²) >= 11 is 0. The number of amides is 4. The van der Waals surface area contributed by atoms with E-state index in [1.807, 2.05) is 31.2 Å². The highest BCUT2D eigenvalue weighted by molar-refractivity contribution is 6.11. The highest BCUT2D eigenvalue weighted by Gasteiger charge is 2.34. The third-order valence-electron chi connectivity index (χ3n) is 7.86. The molecule has 0 radical (unpaired) electrons. The monoisotopic (exact) mass is 664 g/mol. The van der Waals surface area contributed by atoms with E-state index in [1.165, 1.54) is 43.4 Å². The maximum absolute atomic E-state index is 13.1. The predicted molar refractivity (Wildman–Crippen MR) is 177 cm³/mol. The van der Waals surface area contributed by atoms with Gasteiger partial charge in [0, 0.05) is 25.6 Å². The van der Waals surface area contributed by atoms with E-state index in [-0.39, 0.29) is 35.1 Å². The molecule has 1 saturated heterocycles. The predicted octanol–water partition coefficient (Wildman–Crippen LogP) is 3.56. The molecule has 0 bridgehead atoms. The highest BCUT2D eigenvalue weighted by Crippen LogP contribution is 2.24. The van der Waals surface area contributed by atoms with E-state index >= 15 is 0 Å². The van der Waals surface area contributed by atoms with Gasteiger partial charge >= 0.3 is 11.9 Å². The molecular formula is C36H32N4O9. The third-order valence-corrected chi connectivity index (χ3v) is 7.86. The lowest BCUT2D eigenvalue weighted by atomic mass is 9.95. The van der Waals surface area contributed by atoms with Crippen molar-refractivity contribution >= 4 is 41.3 Å². The first kappa shape index (κ1) is 33.9. The largest absolute Gasteiger partial charge is 0.478 e. The molecule has 1 heterocycles. The molecule has 1 aliphatic rings. The minimum atomic E-state index is -1.35. The van der Waals surface area contributed by atoms with Gasteiger partial charge in [0.1, 0.15) is 23.6 Å². The number of carboxylic acids is 2. The zero-order valence-electron chi connectivity index (χ0n) is 26.4. The number of nitrogens with one attached hydrogen (secondary N) is 4. The van der Waals surface area contributed by atoms with Crippen molar-refractivity contribution in [2.75, 3.05) is 12.4 Å². The first-order chi connectivity index (χ1) is 23.4. The van der Waals surface area contributed by atoms with E-state index in [9.17, 15) is 39.0 Å². The van der Waals surface area contributed by atoms with Gasteiger partial charge in [-0.2, -0.15) is 0 Å². The van der Waals surface area contributed by atoms with Gasteiger partial charge in [-0.3, -0.25) is 19.2 Å². The fraction of sp³-hybridized carbons (Fsp3) is 0.167. The summed E-state index contributed by atoms with van der Waals surface area (Å²) in [6.07, 6.45) is -0.0903. The average Bonchev–Trinajstić information content (AvgIpc) is 3.08. The Morgan fingerprint density at radius 3 is 1.55 bits per heavy atom. The number of carboxylic acid groups (broad SMARTS) is 2. The van der Waals surface area contributed by atoms with Crippen LogP contribution in [0.5, 0.6) is 11.5 Å². The lowest BCUT2D eigenvalue weighted by molar-refractivity contribution is -0.136. The van der Waals surface area contributed by atoms with Gasteiger partial charge < -0.3 is 36.2 Å². The number of aryl methyl sites for hydroxylation is 1. The molecule has 4 aromatic rings. The molecule has 4 aromatic carbocycles. The Morgan fingerprint density at radius 2 is 1.10 bits per heavy atom. The second kappa shape index (κ2) is 14.5. The first-order valence-corrected chi connectivity index (χ1v) is 15.1. The first-order valence-electron chi connectivity index (χ1n) is 15.1. The Morgan fingerprint density at radius 1 is 0.653 bits per heavy atom. The number of rotatable bonds is 11. The number of hydrogen-bond acceptors (Lipinski definition) is 7. The maximum atomic E-state index is 13.1. The summed E-state index contributed by atoms with van der Waals surface area (Å²) in [6.45, 7) is 1.97. The Kier molecular flexibility index (Phi) is 10.0. The number of anilines is 1. The van der Waals surface area contributed by atoms with E-state index in [2.05, 4.69) is 21.3 Å². The van der Waals surface area contributed by atoms with Crippen LogP contribution in [0.3, 0.4) is 0 Å². The molecule has 6 N–H and O–H groups in total. The average molecular weight is 665 g/mol. The van der Waals surface area contributed by atoms with E-state index in [4.69, 9.17) is 4.74 Å². The van der Waals surface area contributed by atoms with Crippen molar-refractivity contribution in [3.63, 3.8) is 0 Å². The molecular weight excluding hydrogens is 632 g/mol. The van der Waals surface area contributed by atoms with Crippen molar-refractivity contribution in [2.45, 2.75) is 31.8 Å². The second-order valence-corrected chi connectivity index (χ2v) is 11.4. The van der Waals surface area contributed by atoms with E-state index < -0.39 is 47.7 Å². The minimum absolute atomic E-state index is 0.0337. The van der Waals surface area contributed by atoms with Crippen molar-refractivity contribution in [3.8, 4) is 11.5 Å². The number of hydrogen-bond donors (Lipinski definition) is 6. The topological polar surface area (TPSA) is 200 Å². The molecule has 0 saturated carbocycles. The molecule has 1 fully saturated rings. The van der Waals surface area contributed by atoms with Crippen molar-refractivity contribution in [3.05, 3.63) is 124 Å². The summed E-state index contributed by atoms with van der Waals surface area (Å²) in [4.78, 5) is 74.8. The summed E-state index contributed by atoms with van der Waals surface area (Å²) in [5.41, 5.74) is 1.64. The fourth-order valence-electron chi connectivity index (χ4n) is 5.30. The lowest BCUT2D eigenvalue weighted by Crippen LogP contribution is -2.62. The Hall–Kier alpha value is -6.50. The molecule has 2 atom stereocenters. The number of piperazine rings is 1. The van der Waals surface area contributed by atoms with Crippen LogP contribution in [0.25, 0.3) is 0 Å². The van der Waals surface area contributed by atoms with Gasteiger partial charge in [-0.25, -0.2) is 9.59 Å². The second-order valence-electron chi connectivity index (χ2n) is 11.4. The summed E-state index contributed by atoms with van der Waals surface area (Å²) < 4.78 is 5.80. The molecule has 0 aromatic heterocycles. The third kappa shape index (κ3) is 8.08. The van der Waals surface area contributed by atoms with Crippen LogP contribution < -0.4 is 26.0 Å². The van der Waals surface area contributed by atoms with Gasteiger partial charge in [-0.15, -0.1) is 0 Å². The van der Waals surface area contributed by atoms with Gasteiger partial charge in [0.2, 0.25) is 11.8 Å². The van der Waals surface area contributed by atoms with Gasteiger partial charge in [-0.05, 0) is 78.7 Å². The lowest BCUT2D eigenvalue weighted by Gasteiger charge is -2.30. The molecule has 0 spiro atoms. The van der Waals surface area contributed by atoms with Crippen LogP contribution in [0.1, 0.15) is 58.1 Å². The molecule has 0 aliphatic carbocycles.